The highest BCUT2D eigenvalue weighted by atomic mass is 79.9. The molecule has 0 bridgehead atoms. The molecule has 1 aromatic carbocycles. The maximum Gasteiger partial charge on any atom is 0.122 e. The van der Waals surface area contributed by atoms with Gasteiger partial charge in [-0.05, 0) is 61.9 Å². The molecule has 20 heavy (non-hydrogen) atoms. The van der Waals surface area contributed by atoms with Crippen molar-refractivity contribution in [3.8, 4) is 5.75 Å². The van der Waals surface area contributed by atoms with Crippen LogP contribution in [0.25, 0.3) is 0 Å². The van der Waals surface area contributed by atoms with Gasteiger partial charge in [-0.15, -0.1) is 0 Å². The van der Waals surface area contributed by atoms with Crippen LogP contribution in [0.5, 0.6) is 5.75 Å². The van der Waals surface area contributed by atoms with Crippen molar-refractivity contribution in [2.75, 3.05) is 13.7 Å². The van der Waals surface area contributed by atoms with Crippen molar-refractivity contribution in [1.29, 1.82) is 0 Å². The summed E-state index contributed by atoms with van der Waals surface area (Å²) >= 11 is 3.61. The van der Waals surface area contributed by atoms with Crippen molar-refractivity contribution in [1.82, 2.24) is 5.32 Å². The minimum atomic E-state index is 0.579. The predicted octanol–water partition coefficient (Wildman–Crippen LogP) is 4.72. The first-order valence-corrected chi connectivity index (χ1v) is 8.29. The summed E-state index contributed by atoms with van der Waals surface area (Å²) in [5.41, 5.74) is 2.52. The second-order valence-corrected chi connectivity index (χ2v) is 6.81. The molecule has 3 heteroatoms. The second kappa shape index (κ2) is 8.68. The molecule has 0 radical (unpaired) electrons. The Balaban J connectivity index is 2.50. The molecule has 114 valence electrons. The van der Waals surface area contributed by atoms with Gasteiger partial charge in [-0.2, -0.15) is 0 Å². The average Bonchev–Trinajstić information content (AvgIpc) is 2.39. The van der Waals surface area contributed by atoms with Crippen molar-refractivity contribution >= 4 is 15.9 Å². The van der Waals surface area contributed by atoms with E-state index < -0.39 is 0 Å². The molecule has 0 saturated carbocycles. The van der Waals surface area contributed by atoms with Crippen LogP contribution < -0.4 is 10.1 Å². The van der Waals surface area contributed by atoms with Crippen LogP contribution in [-0.2, 0) is 6.42 Å². The molecule has 1 N–H and O–H groups in total. The summed E-state index contributed by atoms with van der Waals surface area (Å²) in [5.74, 6) is 1.74. The first kappa shape index (κ1) is 17.5. The first-order chi connectivity index (χ1) is 9.43. The van der Waals surface area contributed by atoms with Crippen molar-refractivity contribution in [3.63, 3.8) is 0 Å². The van der Waals surface area contributed by atoms with Gasteiger partial charge in [0.2, 0.25) is 0 Å². The minimum Gasteiger partial charge on any atom is -0.496 e. The number of hydrogen-bond acceptors (Lipinski definition) is 2. The number of hydrogen-bond donors (Lipinski definition) is 1. The Kier molecular flexibility index (Phi) is 7.60. The van der Waals surface area contributed by atoms with E-state index in [1.54, 1.807) is 7.11 Å². The zero-order chi connectivity index (χ0) is 15.1. The van der Waals surface area contributed by atoms with E-state index in [1.165, 1.54) is 28.4 Å². The summed E-state index contributed by atoms with van der Waals surface area (Å²) < 4.78 is 6.66. The van der Waals surface area contributed by atoms with Crippen molar-refractivity contribution < 1.29 is 4.74 Å². The lowest BCUT2D eigenvalue weighted by Crippen LogP contribution is -2.25. The molecule has 1 rings (SSSR count). The lowest BCUT2D eigenvalue weighted by molar-refractivity contribution is 0.403. The van der Waals surface area contributed by atoms with Crippen LogP contribution in [0, 0.1) is 12.8 Å². The third-order valence-corrected chi connectivity index (χ3v) is 4.51. The Hall–Kier alpha value is -0.540. The summed E-state index contributed by atoms with van der Waals surface area (Å²) in [6.07, 6.45) is 3.50. The summed E-state index contributed by atoms with van der Waals surface area (Å²) in [5, 5.41) is 3.48. The molecule has 0 aliphatic carbocycles. The van der Waals surface area contributed by atoms with Gasteiger partial charge in [-0.3, -0.25) is 0 Å². The van der Waals surface area contributed by atoms with E-state index in [2.05, 4.69) is 61.1 Å². The zero-order valence-electron chi connectivity index (χ0n) is 13.4. The quantitative estimate of drug-likeness (QED) is 0.738. The standard InChI is InChI=1S/C17H28BrNO/c1-12(2)19-9-8-13(3)6-7-15-11-16(18)14(4)10-17(15)20-5/h10-13,19H,6-9H2,1-5H3. The van der Waals surface area contributed by atoms with E-state index in [4.69, 9.17) is 4.74 Å². The number of nitrogens with one attached hydrogen (secondary N) is 1. The van der Waals surface area contributed by atoms with Gasteiger partial charge in [0.05, 0.1) is 7.11 Å². The van der Waals surface area contributed by atoms with Gasteiger partial charge >= 0.3 is 0 Å². The van der Waals surface area contributed by atoms with Crippen LogP contribution in [-0.4, -0.2) is 19.7 Å². The number of benzene rings is 1. The van der Waals surface area contributed by atoms with Gasteiger partial charge in [-0.1, -0.05) is 36.7 Å². The molecular weight excluding hydrogens is 314 g/mol. The number of halogens is 1. The SMILES string of the molecule is COc1cc(C)c(Br)cc1CCC(C)CCNC(C)C. The fourth-order valence-electron chi connectivity index (χ4n) is 2.25. The largest absolute Gasteiger partial charge is 0.496 e. The topological polar surface area (TPSA) is 21.3 Å². The summed E-state index contributed by atoms with van der Waals surface area (Å²) in [6.45, 7) is 9.92. The Labute approximate surface area is 132 Å². The minimum absolute atomic E-state index is 0.579. The van der Waals surface area contributed by atoms with Crippen LogP contribution in [0.2, 0.25) is 0 Å². The smallest absolute Gasteiger partial charge is 0.122 e. The van der Waals surface area contributed by atoms with Gasteiger partial charge in [0.1, 0.15) is 5.75 Å². The molecule has 1 unspecified atom stereocenters. The maximum atomic E-state index is 5.49. The van der Waals surface area contributed by atoms with Gasteiger partial charge < -0.3 is 10.1 Å². The lowest BCUT2D eigenvalue weighted by atomic mass is 9.97. The highest BCUT2D eigenvalue weighted by Crippen LogP contribution is 2.28. The molecule has 1 atom stereocenters. The Morgan fingerprint density at radius 2 is 1.90 bits per heavy atom. The van der Waals surface area contributed by atoms with Gasteiger partial charge in [0, 0.05) is 10.5 Å². The van der Waals surface area contributed by atoms with Crippen molar-refractivity contribution in [2.45, 2.75) is 53.0 Å². The molecule has 0 aliphatic rings. The average molecular weight is 342 g/mol. The molecule has 1 aromatic rings. The number of aryl methyl sites for hydroxylation is 2. The summed E-state index contributed by atoms with van der Waals surface area (Å²) in [4.78, 5) is 0. The highest BCUT2D eigenvalue weighted by Gasteiger charge is 2.09. The van der Waals surface area contributed by atoms with E-state index in [9.17, 15) is 0 Å². The second-order valence-electron chi connectivity index (χ2n) is 5.95. The molecule has 0 heterocycles. The maximum absolute atomic E-state index is 5.49. The highest BCUT2D eigenvalue weighted by molar-refractivity contribution is 9.10. The third-order valence-electron chi connectivity index (χ3n) is 3.66. The van der Waals surface area contributed by atoms with Crippen LogP contribution in [0.4, 0.5) is 0 Å². The molecule has 0 aliphatic heterocycles. The fraction of sp³-hybridized carbons (Fsp3) is 0.647. The summed E-state index contributed by atoms with van der Waals surface area (Å²) in [6, 6.07) is 4.90. The van der Waals surface area contributed by atoms with Crippen LogP contribution in [0.3, 0.4) is 0 Å². The molecule has 0 aromatic heterocycles. The Morgan fingerprint density at radius 3 is 2.50 bits per heavy atom. The van der Waals surface area contributed by atoms with Gasteiger partial charge in [0.15, 0.2) is 0 Å². The number of rotatable bonds is 8. The van der Waals surface area contributed by atoms with E-state index >= 15 is 0 Å². The van der Waals surface area contributed by atoms with Gasteiger partial charge in [-0.25, -0.2) is 0 Å². The van der Waals surface area contributed by atoms with E-state index in [1.807, 2.05) is 0 Å². The molecule has 0 spiro atoms. The third kappa shape index (κ3) is 5.84. The van der Waals surface area contributed by atoms with E-state index in [0.29, 0.717) is 6.04 Å². The van der Waals surface area contributed by atoms with E-state index in [0.717, 1.165) is 24.6 Å². The lowest BCUT2D eigenvalue weighted by Gasteiger charge is -2.15. The van der Waals surface area contributed by atoms with Crippen LogP contribution >= 0.6 is 15.9 Å². The van der Waals surface area contributed by atoms with Crippen LogP contribution in [0.15, 0.2) is 16.6 Å². The number of methoxy groups -OCH3 is 1. The predicted molar refractivity (Wildman–Crippen MR) is 90.7 cm³/mol. The number of ether oxygens (including phenoxy) is 1. The van der Waals surface area contributed by atoms with Crippen molar-refractivity contribution in [2.24, 2.45) is 5.92 Å². The summed E-state index contributed by atoms with van der Waals surface area (Å²) in [7, 11) is 1.75. The van der Waals surface area contributed by atoms with Crippen molar-refractivity contribution in [3.05, 3.63) is 27.7 Å². The monoisotopic (exact) mass is 341 g/mol. The Morgan fingerprint density at radius 1 is 1.20 bits per heavy atom. The molecule has 0 saturated heterocycles. The molecule has 0 fully saturated rings. The van der Waals surface area contributed by atoms with Crippen LogP contribution in [0.1, 0.15) is 44.7 Å². The fourth-order valence-corrected chi connectivity index (χ4v) is 2.64. The zero-order valence-corrected chi connectivity index (χ0v) is 15.0. The molecule has 2 nitrogen and oxygen atoms in total. The Bertz CT molecular complexity index is 418. The molecule has 0 amide bonds. The molecular formula is C17H28BrNO. The van der Waals surface area contributed by atoms with Gasteiger partial charge in [0.25, 0.3) is 0 Å². The van der Waals surface area contributed by atoms with E-state index in [-0.39, 0.29) is 0 Å². The first-order valence-electron chi connectivity index (χ1n) is 7.50. The normalized spacial score (nSPS) is 12.8.